The van der Waals surface area contributed by atoms with Crippen LogP contribution in [0.5, 0.6) is 0 Å². The summed E-state index contributed by atoms with van der Waals surface area (Å²) >= 11 is 14.9. The van der Waals surface area contributed by atoms with Crippen molar-refractivity contribution in [3.63, 3.8) is 0 Å². The Morgan fingerprint density at radius 1 is 0.627 bits per heavy atom. The van der Waals surface area contributed by atoms with E-state index >= 15 is 0 Å². The Balaban J connectivity index is 0.000000237. The van der Waals surface area contributed by atoms with Crippen molar-refractivity contribution in [2.24, 2.45) is 9.98 Å². The molecule has 0 saturated carbocycles. The average Bonchev–Trinajstić information content (AvgIpc) is 3.85. The molecule has 21 heteroatoms. The molecule has 316 valence electrons. The van der Waals surface area contributed by atoms with E-state index in [9.17, 15) is 19.8 Å². The number of aromatic nitrogens is 6. The first-order chi connectivity index (χ1) is 27.1. The summed E-state index contributed by atoms with van der Waals surface area (Å²) < 4.78 is 3.89. The van der Waals surface area contributed by atoms with Gasteiger partial charge in [0.05, 0.1) is 24.3 Å². The third-order valence-electron chi connectivity index (χ3n) is 9.45. The van der Waals surface area contributed by atoms with Crippen molar-refractivity contribution in [3.05, 3.63) is 125 Å². The van der Waals surface area contributed by atoms with Gasteiger partial charge in [-0.2, -0.15) is 0 Å². The summed E-state index contributed by atoms with van der Waals surface area (Å²) in [5.41, 5.74) is 7.56. The Labute approximate surface area is 374 Å². The molecule has 4 aromatic heterocycles. The molecule has 14 nitrogen and oxygen atoms in total. The number of rotatable bonds is 6. The standard InChI is InChI=1S/2C19H17ClN4O2S.2ClH.2H3N.Pt/c2*1-9-10(2)27-19-16(9)17(12-4-6-13(20)7-5-12)21-14(8-15(25)26)18-23-22-11(3)24(18)19;;;;;/h2*4-7,14H,8H2,1-3H3,(H,25,26);2*1H;2*1H3;/q;;;;;;+2/p-2/t2*14-;;;;;/m11...../s1. The van der Waals surface area contributed by atoms with Gasteiger partial charge in [0.1, 0.15) is 33.7 Å². The Bertz CT molecular complexity index is 2380. The number of aliphatic imine (C=N–C) groups is 2. The summed E-state index contributed by atoms with van der Waals surface area (Å²) in [6, 6.07) is 13.7. The minimum absolute atomic E-state index is 0. The second-order valence-electron chi connectivity index (χ2n) is 13.1. The summed E-state index contributed by atoms with van der Waals surface area (Å²) in [5.74, 6) is 0.697. The van der Waals surface area contributed by atoms with E-state index in [1.165, 1.54) is 9.75 Å². The van der Waals surface area contributed by atoms with Crippen molar-refractivity contribution >= 4 is 88.1 Å². The molecule has 0 aliphatic carbocycles. The van der Waals surface area contributed by atoms with Crippen LogP contribution in [0.2, 0.25) is 10.0 Å². The Morgan fingerprint density at radius 2 is 0.949 bits per heavy atom. The summed E-state index contributed by atoms with van der Waals surface area (Å²) in [7, 11) is 9.75. The van der Waals surface area contributed by atoms with Crippen molar-refractivity contribution in [2.45, 2.75) is 66.5 Å². The van der Waals surface area contributed by atoms with Crippen LogP contribution in [-0.4, -0.2) is 63.1 Å². The molecule has 2 atom stereocenters. The molecule has 0 saturated heterocycles. The number of aliphatic carboxylic acids is 2. The zero-order chi connectivity index (χ0) is 41.3. The fourth-order valence-electron chi connectivity index (χ4n) is 6.60. The van der Waals surface area contributed by atoms with Crippen molar-refractivity contribution in [1.29, 1.82) is 0 Å². The van der Waals surface area contributed by atoms with E-state index in [1.807, 2.05) is 71.5 Å². The Hall–Kier alpha value is -3.83. The van der Waals surface area contributed by atoms with Gasteiger partial charge in [-0.3, -0.25) is 28.7 Å². The second kappa shape index (κ2) is 20.2. The van der Waals surface area contributed by atoms with Crippen LogP contribution in [0, 0.1) is 41.5 Å². The van der Waals surface area contributed by atoms with Gasteiger partial charge >= 0.3 is 47.3 Å². The fraction of sp³-hybridized carbons (Fsp3) is 0.263. The van der Waals surface area contributed by atoms with Crippen LogP contribution in [0.25, 0.3) is 10.0 Å². The molecule has 6 heterocycles. The molecular formula is C38H40Cl4N10O4PtS2. The maximum absolute atomic E-state index is 11.5. The molecule has 0 unspecified atom stereocenters. The molecule has 0 amide bonds. The average molecular weight is 1100 g/mol. The first-order valence-corrected chi connectivity index (χ1v) is 25.2. The maximum atomic E-state index is 11.5. The van der Waals surface area contributed by atoms with E-state index in [4.69, 9.17) is 52.0 Å². The summed E-state index contributed by atoms with van der Waals surface area (Å²) in [4.78, 5) is 35.0. The van der Waals surface area contributed by atoms with E-state index in [0.29, 0.717) is 21.7 Å². The van der Waals surface area contributed by atoms with Gasteiger partial charge in [-0.25, -0.2) is 0 Å². The number of hydrogen-bond acceptors (Lipinski definition) is 12. The predicted octanol–water partition coefficient (Wildman–Crippen LogP) is 10.2. The molecule has 59 heavy (non-hydrogen) atoms. The molecule has 2 aliphatic heterocycles. The Kier molecular flexibility index (Phi) is 16.3. The van der Waals surface area contributed by atoms with Crippen molar-refractivity contribution in [1.82, 2.24) is 41.8 Å². The molecule has 6 aromatic rings. The minimum atomic E-state index is -0.926. The number of carboxylic acids is 2. The van der Waals surface area contributed by atoms with Crippen molar-refractivity contribution in [3.8, 4) is 10.0 Å². The van der Waals surface area contributed by atoms with E-state index in [1.54, 1.807) is 22.7 Å². The molecule has 8 rings (SSSR count). The van der Waals surface area contributed by atoms with Crippen LogP contribution in [0.1, 0.15) is 91.4 Å². The quantitative estimate of drug-likeness (QED) is 0.123. The number of aryl methyl sites for hydroxylation is 4. The fourth-order valence-corrected chi connectivity index (χ4v) is 9.28. The molecule has 8 N–H and O–H groups in total. The van der Waals surface area contributed by atoms with Crippen LogP contribution in [0.3, 0.4) is 0 Å². The number of hydrogen-bond donors (Lipinski definition) is 4. The number of carboxylic acid groups (broad SMARTS) is 2. The molecule has 2 aliphatic rings. The van der Waals surface area contributed by atoms with Crippen LogP contribution >= 0.6 is 64.7 Å². The van der Waals surface area contributed by atoms with Gasteiger partial charge in [-0.1, -0.05) is 47.5 Å². The van der Waals surface area contributed by atoms with Crippen molar-refractivity contribution < 1.29 is 36.3 Å². The second-order valence-corrected chi connectivity index (χ2v) is 19.6. The number of fused-ring (bicyclic) bond motifs is 6. The third-order valence-corrected chi connectivity index (χ3v) is 12.3. The van der Waals surface area contributed by atoms with E-state index in [-0.39, 0.29) is 25.1 Å². The number of benzene rings is 2. The molecule has 0 radical (unpaired) electrons. The zero-order valence-electron chi connectivity index (χ0n) is 32.5. The third kappa shape index (κ3) is 9.88. The van der Waals surface area contributed by atoms with Crippen molar-refractivity contribution in [2.75, 3.05) is 0 Å². The van der Waals surface area contributed by atoms with Gasteiger partial charge in [0.25, 0.3) is 0 Å². The summed E-state index contributed by atoms with van der Waals surface area (Å²) in [5, 5.41) is 38.9. The van der Waals surface area contributed by atoms with Crippen LogP contribution in [0.4, 0.5) is 0 Å². The van der Waals surface area contributed by atoms with Crippen LogP contribution in [0.15, 0.2) is 58.5 Å². The van der Waals surface area contributed by atoms with Gasteiger partial charge in [-0.15, -0.1) is 43.1 Å². The normalized spacial score (nSPS) is 14.7. The predicted molar refractivity (Wildman–Crippen MR) is 233 cm³/mol. The number of carbonyl (C=O) groups is 2. The first kappa shape index (κ1) is 47.8. The molecule has 0 bridgehead atoms. The molecule has 2 aromatic carbocycles. The molecule has 0 fully saturated rings. The van der Waals surface area contributed by atoms with E-state index in [0.717, 1.165) is 66.5 Å². The number of nitrogens with zero attached hydrogens (tertiary/aromatic N) is 8. The molecule has 0 spiro atoms. The first-order valence-electron chi connectivity index (χ1n) is 17.1. The topological polar surface area (TPSA) is 231 Å². The zero-order valence-corrected chi connectivity index (χ0v) is 39.5. The number of halogens is 4. The van der Waals surface area contributed by atoms with Gasteiger partial charge in [0.15, 0.2) is 11.6 Å². The van der Waals surface area contributed by atoms with E-state index in [2.05, 4.69) is 48.1 Å². The van der Waals surface area contributed by atoms with Crippen LogP contribution < -0.4 is 12.3 Å². The monoisotopic (exact) mass is 1100 g/mol. The van der Waals surface area contributed by atoms with Gasteiger partial charge in [0.2, 0.25) is 0 Å². The molecular weight excluding hydrogens is 1060 g/mol. The Morgan fingerprint density at radius 3 is 1.25 bits per heavy atom. The summed E-state index contributed by atoms with van der Waals surface area (Å²) in [6.07, 6.45) is -0.301. The van der Waals surface area contributed by atoms with Gasteiger partial charge in [-0.05, 0) is 76.9 Å². The van der Waals surface area contributed by atoms with E-state index < -0.39 is 40.5 Å². The SMILES string of the molecule is Cc1sc2c(c1C)C(c1ccc(Cl)cc1)=N[C@H](CC(=O)O)c1nnc(C)n1-2.Cc1sc2c(c1C)C(c1ccc(Cl)cc1)=N[C@H](CC(=O)O)c1nnc(C)n1-2.N.N.[Cl][Pt][Cl]. The van der Waals surface area contributed by atoms with Gasteiger partial charge in [0, 0.05) is 42.1 Å². The van der Waals surface area contributed by atoms with Gasteiger partial charge < -0.3 is 22.5 Å². The summed E-state index contributed by atoms with van der Waals surface area (Å²) in [6.45, 7) is 12.0. The number of thiophene rings is 2. The van der Waals surface area contributed by atoms with Crippen LogP contribution in [-0.2, 0) is 26.1 Å².